The summed E-state index contributed by atoms with van der Waals surface area (Å²) >= 11 is 0. The average Bonchev–Trinajstić information content (AvgIpc) is 3.37. The van der Waals surface area contributed by atoms with E-state index in [1.54, 1.807) is 12.1 Å². The first kappa shape index (κ1) is 46.3. The molecule has 9 rings (SSSR count). The van der Waals surface area contributed by atoms with E-state index in [0.717, 1.165) is 21.5 Å². The Morgan fingerprint density at radius 1 is 0.385 bits per heavy atom. The Morgan fingerprint density at radius 2 is 0.662 bits per heavy atom. The smallest absolute Gasteiger partial charge is 0.336 e. The summed E-state index contributed by atoms with van der Waals surface area (Å²) in [6.07, 6.45) is 1.89. The minimum atomic E-state index is -0.880. The SMILES string of the molecule is C=Cc1ccc(P(c2ccccc2)c2ccccc2)cc1.CN(C)c1ccc(P(c2ccccc2)c2ccccc2)cc1.O=C(O)c1ccccc1P(c1ccccc1)c1ccccc1. The van der Waals surface area contributed by atoms with E-state index >= 15 is 0 Å². The lowest BCUT2D eigenvalue weighted by Crippen LogP contribution is -2.24. The summed E-state index contributed by atoms with van der Waals surface area (Å²) in [6.45, 7) is 3.83. The minimum Gasteiger partial charge on any atom is -0.478 e. The van der Waals surface area contributed by atoms with Gasteiger partial charge in [0, 0.05) is 19.8 Å². The Hall–Kier alpha value is -6.72. The van der Waals surface area contributed by atoms with E-state index < -0.39 is 29.7 Å². The van der Waals surface area contributed by atoms with Crippen LogP contribution in [0.5, 0.6) is 0 Å². The third kappa shape index (κ3) is 12.5. The standard InChI is InChI=1S/C20H20NP.C20H17P.C19H15O2P/c1-21(2)17-13-15-20(16-14-17)22(18-9-5-3-6-10-18)19-11-7-4-8-12-19;1-2-17-13-15-20(16-14-17)21(18-9-5-3-6-10-18)19-11-7-4-8-12-19;20-19(21)17-13-7-8-14-18(17)22(15-9-3-1-4-10-15)16-11-5-2-6-12-16/h3-16H,1-2H3;2-16H,1H2;1-14H,(H,20,21). The van der Waals surface area contributed by atoms with E-state index in [1.807, 2.05) is 54.6 Å². The van der Waals surface area contributed by atoms with Gasteiger partial charge in [-0.25, -0.2) is 4.79 Å². The number of carboxylic acids is 1. The summed E-state index contributed by atoms with van der Waals surface area (Å²) < 4.78 is 0. The van der Waals surface area contributed by atoms with E-state index in [4.69, 9.17) is 0 Å². The van der Waals surface area contributed by atoms with Crippen molar-refractivity contribution in [2.75, 3.05) is 19.0 Å². The van der Waals surface area contributed by atoms with Gasteiger partial charge in [-0.1, -0.05) is 249 Å². The van der Waals surface area contributed by atoms with E-state index in [0.29, 0.717) is 5.56 Å². The van der Waals surface area contributed by atoms with Gasteiger partial charge in [0.2, 0.25) is 0 Å². The zero-order valence-corrected chi connectivity index (χ0v) is 39.4. The molecule has 65 heavy (non-hydrogen) atoms. The first-order valence-corrected chi connectivity index (χ1v) is 25.5. The van der Waals surface area contributed by atoms with Gasteiger partial charge in [-0.15, -0.1) is 0 Å². The molecule has 9 aromatic carbocycles. The number of benzene rings is 9. The molecule has 0 fully saturated rings. The Kier molecular flexibility index (Phi) is 17.0. The van der Waals surface area contributed by atoms with Crippen molar-refractivity contribution in [3.8, 4) is 0 Å². The third-order valence-corrected chi connectivity index (χ3v) is 17.9. The molecule has 0 radical (unpaired) electrons. The lowest BCUT2D eigenvalue weighted by atomic mass is 10.2. The predicted molar refractivity (Wildman–Crippen MR) is 287 cm³/mol. The van der Waals surface area contributed by atoms with E-state index in [2.05, 4.69) is 220 Å². The van der Waals surface area contributed by atoms with Crippen LogP contribution < -0.4 is 52.6 Å². The molecule has 0 bridgehead atoms. The Labute approximate surface area is 388 Å². The maximum Gasteiger partial charge on any atom is 0.336 e. The highest BCUT2D eigenvalue weighted by Gasteiger charge is 2.22. The molecule has 1 N–H and O–H groups in total. The van der Waals surface area contributed by atoms with Gasteiger partial charge in [0.1, 0.15) is 0 Å². The highest BCUT2D eigenvalue weighted by atomic mass is 31.1. The molecule has 3 nitrogen and oxygen atoms in total. The van der Waals surface area contributed by atoms with Crippen molar-refractivity contribution >= 4 is 89.2 Å². The number of anilines is 1. The van der Waals surface area contributed by atoms with Crippen LogP contribution in [-0.4, -0.2) is 25.2 Å². The molecule has 0 amide bonds. The molecule has 0 unspecified atom stereocenters. The van der Waals surface area contributed by atoms with E-state index in [1.165, 1.54) is 37.5 Å². The second-order valence-corrected chi connectivity index (χ2v) is 21.7. The first-order chi connectivity index (χ1) is 31.9. The molecule has 0 spiro atoms. The Morgan fingerprint density at radius 3 is 0.969 bits per heavy atom. The second-order valence-electron chi connectivity index (χ2n) is 15.0. The molecular formula is C59H52NO2P3. The van der Waals surface area contributed by atoms with Crippen LogP contribution in [0.15, 0.2) is 261 Å². The summed E-state index contributed by atoms with van der Waals surface area (Å²) in [5.41, 5.74) is 2.77. The van der Waals surface area contributed by atoms with Crippen LogP contribution in [0.1, 0.15) is 15.9 Å². The van der Waals surface area contributed by atoms with Crippen LogP contribution in [0.25, 0.3) is 6.08 Å². The maximum atomic E-state index is 11.6. The quantitative estimate of drug-likeness (QED) is 0.124. The lowest BCUT2D eigenvalue weighted by Gasteiger charge is -2.20. The van der Waals surface area contributed by atoms with Gasteiger partial charge in [0.15, 0.2) is 0 Å². The first-order valence-electron chi connectivity index (χ1n) is 21.4. The second kappa shape index (κ2) is 23.8. The normalized spacial score (nSPS) is 10.6. The number of carbonyl (C=O) groups is 1. The van der Waals surface area contributed by atoms with Crippen LogP contribution in [0.2, 0.25) is 0 Å². The molecule has 0 atom stereocenters. The van der Waals surface area contributed by atoms with Crippen molar-refractivity contribution < 1.29 is 9.90 Å². The fourth-order valence-electron chi connectivity index (χ4n) is 7.29. The van der Waals surface area contributed by atoms with Gasteiger partial charge in [0.25, 0.3) is 0 Å². The van der Waals surface area contributed by atoms with Crippen molar-refractivity contribution in [2.45, 2.75) is 0 Å². The van der Waals surface area contributed by atoms with Crippen LogP contribution in [0.4, 0.5) is 5.69 Å². The van der Waals surface area contributed by atoms with Gasteiger partial charge in [-0.3, -0.25) is 0 Å². The molecule has 6 heteroatoms. The fraction of sp³-hybridized carbons (Fsp3) is 0.0339. The summed E-state index contributed by atoms with van der Waals surface area (Å²) in [5, 5.41) is 21.0. The minimum absolute atomic E-state index is 0.376. The van der Waals surface area contributed by atoms with Gasteiger partial charge in [-0.2, -0.15) is 0 Å². The topological polar surface area (TPSA) is 40.5 Å². The Balaban J connectivity index is 0.000000145. The van der Waals surface area contributed by atoms with Gasteiger partial charge in [-0.05, 0) is 95.3 Å². The highest BCUT2D eigenvalue weighted by Crippen LogP contribution is 2.35. The van der Waals surface area contributed by atoms with Crippen molar-refractivity contribution in [1.29, 1.82) is 0 Å². The molecule has 0 saturated carbocycles. The molecule has 0 aliphatic heterocycles. The summed E-state index contributed by atoms with van der Waals surface area (Å²) in [6, 6.07) is 88.3. The van der Waals surface area contributed by atoms with Gasteiger partial charge in [0.05, 0.1) is 5.56 Å². The van der Waals surface area contributed by atoms with Crippen molar-refractivity contribution in [1.82, 2.24) is 0 Å². The lowest BCUT2D eigenvalue weighted by molar-refractivity contribution is 0.0698. The summed E-state index contributed by atoms with van der Waals surface area (Å²) in [5.74, 6) is -0.880. The number of carboxylic acid groups (broad SMARTS) is 1. The van der Waals surface area contributed by atoms with Crippen molar-refractivity contribution in [3.63, 3.8) is 0 Å². The molecule has 0 aromatic heterocycles. The van der Waals surface area contributed by atoms with E-state index in [-0.39, 0.29) is 0 Å². The molecular weight excluding hydrogens is 848 g/mol. The van der Waals surface area contributed by atoms with Crippen LogP contribution in [0.3, 0.4) is 0 Å². The number of nitrogens with zero attached hydrogens (tertiary/aromatic N) is 1. The average molecular weight is 900 g/mol. The van der Waals surface area contributed by atoms with Crippen molar-refractivity contribution in [2.24, 2.45) is 0 Å². The maximum absolute atomic E-state index is 11.6. The molecule has 0 saturated heterocycles. The molecule has 0 aliphatic rings. The number of rotatable bonds is 12. The van der Waals surface area contributed by atoms with Crippen LogP contribution in [-0.2, 0) is 0 Å². The Bertz CT molecular complexity index is 2690. The zero-order chi connectivity index (χ0) is 45.2. The number of aromatic carboxylic acids is 1. The third-order valence-electron chi connectivity index (χ3n) is 10.5. The predicted octanol–water partition coefficient (Wildman–Crippen LogP) is 10.7. The summed E-state index contributed by atoms with van der Waals surface area (Å²) in [4.78, 5) is 13.7. The monoisotopic (exact) mass is 899 g/mol. The molecule has 320 valence electrons. The van der Waals surface area contributed by atoms with Crippen LogP contribution >= 0.6 is 23.8 Å². The van der Waals surface area contributed by atoms with Gasteiger partial charge < -0.3 is 10.0 Å². The molecule has 0 heterocycles. The zero-order valence-electron chi connectivity index (χ0n) is 36.7. The van der Waals surface area contributed by atoms with E-state index in [9.17, 15) is 9.90 Å². The number of hydrogen-bond donors (Lipinski definition) is 1. The summed E-state index contributed by atoms with van der Waals surface area (Å²) in [7, 11) is 2.28. The molecule has 0 aliphatic carbocycles. The highest BCUT2D eigenvalue weighted by molar-refractivity contribution is 7.80. The fourth-order valence-corrected chi connectivity index (χ4v) is 14.3. The number of hydrogen-bond acceptors (Lipinski definition) is 2. The van der Waals surface area contributed by atoms with Crippen molar-refractivity contribution in [3.05, 3.63) is 272 Å². The van der Waals surface area contributed by atoms with Gasteiger partial charge >= 0.3 is 5.97 Å². The molecule has 9 aromatic rings. The van der Waals surface area contributed by atoms with Crippen LogP contribution in [0, 0.1) is 0 Å². The largest absolute Gasteiger partial charge is 0.478 e.